The molecule has 3 aromatic heterocycles. The largest absolute Gasteiger partial charge is 0.305 e. The molecular weight excluding hydrogens is 749 g/mol. The summed E-state index contributed by atoms with van der Waals surface area (Å²) in [5.41, 5.74) is 6.31. The summed E-state index contributed by atoms with van der Waals surface area (Å²) in [6.07, 6.45) is 3.86. The number of pyridine rings is 2. The first-order valence-corrected chi connectivity index (χ1v) is 19.0. The fourth-order valence-corrected chi connectivity index (χ4v) is 8.52. The fourth-order valence-electron chi connectivity index (χ4n) is 5.59. The molecule has 1 radical (unpaired) electrons. The number of aryl methyl sites for hydroxylation is 1. The van der Waals surface area contributed by atoms with Crippen molar-refractivity contribution in [3.05, 3.63) is 127 Å². The topological polar surface area (TPSA) is 25.8 Å². The smallest absolute Gasteiger partial charge is 0.0798 e. The second-order valence-corrected chi connectivity index (χ2v) is 18.3. The second kappa shape index (κ2) is 13.3. The SMILES string of the molecule is Cc1cc(-c2[c-]cccc2)ncc1[Si](C)(C)C.[2H]C(C)(C)c1ccnc(-c2[c-]c3ccccc3c3c2sc2ccccc23)c1.[Ir]. The van der Waals surface area contributed by atoms with E-state index in [1.807, 2.05) is 50.4 Å². The molecule has 0 saturated heterocycles. The van der Waals surface area contributed by atoms with Gasteiger partial charge in [0, 0.05) is 44.3 Å². The Kier molecular flexibility index (Phi) is 9.20. The summed E-state index contributed by atoms with van der Waals surface area (Å²) in [6, 6.07) is 38.0. The number of hydrogen-bond acceptors (Lipinski definition) is 3. The minimum Gasteiger partial charge on any atom is -0.305 e. The number of hydrogen-bond donors (Lipinski definition) is 0. The van der Waals surface area contributed by atoms with E-state index < -0.39 is 14.0 Å². The Hall–Kier alpha value is -3.47. The number of rotatable bonds is 4. The van der Waals surface area contributed by atoms with E-state index >= 15 is 0 Å². The first-order chi connectivity index (χ1) is 21.0. The van der Waals surface area contributed by atoms with E-state index in [4.69, 9.17) is 1.37 Å². The number of nitrogens with zero attached hydrogens (tertiary/aromatic N) is 2. The zero-order chi connectivity index (χ0) is 31.1. The van der Waals surface area contributed by atoms with E-state index in [1.165, 1.54) is 36.3 Å². The summed E-state index contributed by atoms with van der Waals surface area (Å²) >= 11 is 1.79. The number of fused-ring (bicyclic) bond motifs is 5. The molecule has 0 aliphatic carbocycles. The summed E-state index contributed by atoms with van der Waals surface area (Å²) in [6.45, 7) is 13.1. The molecule has 44 heavy (non-hydrogen) atoms. The van der Waals surface area contributed by atoms with Crippen LogP contribution >= 0.6 is 11.3 Å². The van der Waals surface area contributed by atoms with Crippen molar-refractivity contribution in [2.24, 2.45) is 0 Å². The summed E-state index contributed by atoms with van der Waals surface area (Å²) in [5, 5.41) is 6.32. The summed E-state index contributed by atoms with van der Waals surface area (Å²) in [5.74, 6) is -0.659. The number of aromatic nitrogens is 2. The Morgan fingerprint density at radius 1 is 0.841 bits per heavy atom. The zero-order valence-corrected chi connectivity index (χ0v) is 30.2. The summed E-state index contributed by atoms with van der Waals surface area (Å²) in [4.78, 5) is 9.22. The fraction of sp³-hybridized carbons (Fsp3) is 0.179. The van der Waals surface area contributed by atoms with Crippen LogP contribution in [0.2, 0.25) is 19.6 Å². The van der Waals surface area contributed by atoms with Crippen molar-refractivity contribution in [2.45, 2.75) is 46.3 Å². The monoisotopic (exact) mass is 786 g/mol. The van der Waals surface area contributed by atoms with Crippen LogP contribution in [0.4, 0.5) is 0 Å². The predicted molar refractivity (Wildman–Crippen MR) is 189 cm³/mol. The van der Waals surface area contributed by atoms with E-state index in [0.717, 1.165) is 33.5 Å². The van der Waals surface area contributed by atoms with Gasteiger partial charge in [-0.2, -0.15) is 11.3 Å². The maximum absolute atomic E-state index is 8.38. The minimum absolute atomic E-state index is 0. The molecule has 7 aromatic rings. The van der Waals surface area contributed by atoms with Gasteiger partial charge in [0.15, 0.2) is 0 Å². The van der Waals surface area contributed by atoms with Crippen LogP contribution in [-0.4, -0.2) is 18.0 Å². The molecule has 0 bridgehead atoms. The van der Waals surface area contributed by atoms with E-state index in [-0.39, 0.29) is 20.1 Å². The van der Waals surface area contributed by atoms with Gasteiger partial charge in [-0.3, -0.25) is 4.98 Å². The van der Waals surface area contributed by atoms with Crippen LogP contribution in [-0.2, 0) is 20.1 Å². The Morgan fingerprint density at radius 3 is 2.27 bits per heavy atom. The van der Waals surface area contributed by atoms with Crippen molar-refractivity contribution in [3.8, 4) is 22.5 Å². The predicted octanol–water partition coefficient (Wildman–Crippen LogP) is 10.6. The Bertz CT molecular complexity index is 2110. The second-order valence-electron chi connectivity index (χ2n) is 12.2. The third-order valence-electron chi connectivity index (χ3n) is 7.78. The molecule has 4 aromatic carbocycles. The molecule has 0 unspecified atom stereocenters. The molecule has 0 aliphatic heterocycles. The molecule has 0 saturated carbocycles. The van der Waals surface area contributed by atoms with E-state index in [0.29, 0.717) is 0 Å². The van der Waals surface area contributed by atoms with E-state index in [9.17, 15) is 0 Å². The van der Waals surface area contributed by atoms with Gasteiger partial charge in [0.2, 0.25) is 0 Å². The third kappa shape index (κ3) is 6.48. The molecular formula is C39H36IrN2SSi-2. The van der Waals surface area contributed by atoms with E-state index in [2.05, 4.69) is 116 Å². The molecule has 0 aliphatic rings. The first-order valence-electron chi connectivity index (χ1n) is 15.2. The third-order valence-corrected chi connectivity index (χ3v) is 11.1. The maximum atomic E-state index is 8.38. The molecule has 0 amide bonds. The van der Waals surface area contributed by atoms with Crippen molar-refractivity contribution in [2.75, 3.05) is 0 Å². The van der Waals surface area contributed by atoms with Gasteiger partial charge in [0.25, 0.3) is 0 Å². The Morgan fingerprint density at radius 2 is 1.57 bits per heavy atom. The molecule has 0 N–H and O–H groups in total. The van der Waals surface area contributed by atoms with Crippen molar-refractivity contribution in [1.29, 1.82) is 0 Å². The average Bonchev–Trinajstić information content (AvgIpc) is 3.40. The van der Waals surface area contributed by atoms with Gasteiger partial charge in [-0.25, -0.2) is 0 Å². The molecule has 0 fully saturated rings. The minimum atomic E-state index is -1.27. The standard InChI is InChI=1S/C24H18NS.C15H18NSi.Ir/c1-15(2)16-11-12-25-21(14-16)20-13-17-7-3-4-8-18(17)23-19-9-5-6-10-22(19)26-24(20)23;1-12-10-14(13-8-6-5-7-9-13)16-11-15(12)17(2,3)4;/h3-12,14-15H,1-2H3;5-8,10-11H,1-4H3;/q2*-1;/i15D;;. The van der Waals surface area contributed by atoms with Crippen LogP contribution in [0.3, 0.4) is 0 Å². The Labute approximate surface area is 281 Å². The quantitative estimate of drug-likeness (QED) is 0.131. The Balaban J connectivity index is 0.000000193. The summed E-state index contributed by atoms with van der Waals surface area (Å²) in [7, 11) is -1.27. The van der Waals surface area contributed by atoms with Crippen LogP contribution in [0, 0.1) is 19.1 Å². The molecule has 223 valence electrons. The molecule has 0 atom stereocenters. The van der Waals surface area contributed by atoms with Crippen molar-refractivity contribution >= 4 is 55.5 Å². The normalized spacial score (nSPS) is 12.0. The van der Waals surface area contributed by atoms with Crippen LogP contribution in [0.5, 0.6) is 0 Å². The number of thiophene rings is 1. The van der Waals surface area contributed by atoms with Gasteiger partial charge in [0.05, 0.1) is 8.07 Å². The summed E-state index contributed by atoms with van der Waals surface area (Å²) < 4.78 is 10.9. The van der Waals surface area contributed by atoms with Gasteiger partial charge in [-0.15, -0.1) is 53.4 Å². The van der Waals surface area contributed by atoms with Crippen molar-refractivity contribution in [3.63, 3.8) is 0 Å². The van der Waals surface area contributed by atoms with Gasteiger partial charge in [-0.05, 0) is 51.5 Å². The number of benzene rings is 4. The molecule has 2 nitrogen and oxygen atoms in total. The molecule has 3 heterocycles. The first kappa shape index (κ1) is 30.5. The average molecular weight is 786 g/mol. The van der Waals surface area contributed by atoms with Gasteiger partial charge in [0.1, 0.15) is 0 Å². The van der Waals surface area contributed by atoms with Gasteiger partial charge in [-0.1, -0.05) is 104 Å². The van der Waals surface area contributed by atoms with E-state index in [1.54, 1.807) is 11.3 Å². The van der Waals surface area contributed by atoms with Crippen LogP contribution < -0.4 is 5.19 Å². The van der Waals surface area contributed by atoms with Crippen molar-refractivity contribution in [1.82, 2.24) is 9.97 Å². The van der Waals surface area contributed by atoms with Crippen molar-refractivity contribution < 1.29 is 21.5 Å². The molecule has 7 rings (SSSR count). The van der Waals surface area contributed by atoms with Gasteiger partial charge < -0.3 is 4.98 Å². The van der Waals surface area contributed by atoms with Crippen LogP contribution in [0.1, 0.15) is 32.2 Å². The van der Waals surface area contributed by atoms with Crippen LogP contribution in [0.25, 0.3) is 53.5 Å². The van der Waals surface area contributed by atoms with Crippen LogP contribution in [0.15, 0.2) is 103 Å². The van der Waals surface area contributed by atoms with Gasteiger partial charge >= 0.3 is 0 Å². The zero-order valence-electron chi connectivity index (χ0n) is 27.0. The molecule has 0 spiro atoms. The maximum Gasteiger partial charge on any atom is 0.0798 e. The molecule has 5 heteroatoms.